The molecule has 0 bridgehead atoms. The number of aryl methyl sites for hydroxylation is 1. The Bertz CT molecular complexity index is 1650. The van der Waals surface area contributed by atoms with E-state index >= 15 is 0 Å². The maximum atomic E-state index is 12.7. The van der Waals surface area contributed by atoms with Crippen LogP contribution < -0.4 is 5.32 Å². The summed E-state index contributed by atoms with van der Waals surface area (Å²) >= 11 is 6.08. The van der Waals surface area contributed by atoms with Crippen LogP contribution in [0.4, 0.5) is 0 Å². The minimum Gasteiger partial charge on any atom is -0.481 e. The molecule has 1 aliphatic carbocycles. The molecule has 0 unspecified atom stereocenters. The molecule has 1 amide bonds. The Labute approximate surface area is 215 Å². The highest BCUT2D eigenvalue weighted by Crippen LogP contribution is 2.40. The molecule has 188 valence electrons. The molecular formula is C25H23ClN8O3. The number of carboxylic acid groups (broad SMARTS) is 1. The summed E-state index contributed by atoms with van der Waals surface area (Å²) in [4.78, 5) is 32.9. The minimum absolute atomic E-state index is 0.0509. The van der Waals surface area contributed by atoms with Gasteiger partial charge in [0.15, 0.2) is 5.69 Å². The van der Waals surface area contributed by atoms with Gasteiger partial charge in [0, 0.05) is 30.0 Å². The first-order valence-corrected chi connectivity index (χ1v) is 12.3. The van der Waals surface area contributed by atoms with Crippen LogP contribution in [0.3, 0.4) is 0 Å². The molecule has 5 aromatic rings. The summed E-state index contributed by atoms with van der Waals surface area (Å²) in [5.74, 6) is -0.665. The molecule has 0 spiro atoms. The normalized spacial score (nSPS) is 13.4. The number of aliphatic carboxylic acids is 1. The molecule has 0 radical (unpaired) electrons. The number of halogens is 1. The number of rotatable bonds is 9. The second-order valence-corrected chi connectivity index (χ2v) is 9.68. The summed E-state index contributed by atoms with van der Waals surface area (Å²) < 4.78 is 5.35. The summed E-state index contributed by atoms with van der Waals surface area (Å²) in [5.41, 5.74) is 5.31. The Morgan fingerprint density at radius 1 is 1.16 bits per heavy atom. The van der Waals surface area contributed by atoms with Crippen molar-refractivity contribution in [3.05, 3.63) is 82.5 Å². The van der Waals surface area contributed by atoms with E-state index in [-0.39, 0.29) is 24.6 Å². The molecule has 37 heavy (non-hydrogen) atoms. The van der Waals surface area contributed by atoms with Gasteiger partial charge in [0.1, 0.15) is 5.65 Å². The topological polar surface area (TPSA) is 132 Å². The first-order valence-electron chi connectivity index (χ1n) is 11.9. The molecule has 5 aromatic heterocycles. The van der Waals surface area contributed by atoms with Gasteiger partial charge in [-0.1, -0.05) is 22.9 Å². The van der Waals surface area contributed by atoms with Gasteiger partial charge in [0.2, 0.25) is 0 Å². The second kappa shape index (κ2) is 9.32. The predicted molar refractivity (Wildman–Crippen MR) is 134 cm³/mol. The van der Waals surface area contributed by atoms with Gasteiger partial charge >= 0.3 is 5.97 Å². The molecule has 1 saturated carbocycles. The number of nitrogens with zero attached hydrogens (tertiary/aromatic N) is 7. The zero-order chi connectivity index (χ0) is 25.5. The average Bonchev–Trinajstić information content (AvgIpc) is 3.28. The first kappa shape index (κ1) is 23.2. The molecule has 0 aliphatic heterocycles. The quantitative estimate of drug-likeness (QED) is 0.306. The average molecular weight is 519 g/mol. The van der Waals surface area contributed by atoms with Gasteiger partial charge in [-0.25, -0.2) is 14.6 Å². The highest BCUT2D eigenvalue weighted by atomic mass is 35.5. The fourth-order valence-corrected chi connectivity index (χ4v) is 4.60. The van der Waals surface area contributed by atoms with Gasteiger partial charge < -0.3 is 19.2 Å². The van der Waals surface area contributed by atoms with E-state index < -0.39 is 5.97 Å². The van der Waals surface area contributed by atoms with E-state index in [4.69, 9.17) is 21.7 Å². The molecule has 5 heterocycles. The maximum absolute atomic E-state index is 12.7. The number of carbonyl (C=O) groups is 2. The zero-order valence-corrected chi connectivity index (χ0v) is 20.5. The molecule has 0 aromatic carbocycles. The van der Waals surface area contributed by atoms with Crippen LogP contribution in [0.1, 0.15) is 58.2 Å². The number of hydrogen-bond donors (Lipinski definition) is 2. The van der Waals surface area contributed by atoms with E-state index in [9.17, 15) is 9.59 Å². The predicted octanol–water partition coefficient (Wildman–Crippen LogP) is 3.10. The number of nitrogens with one attached hydrogen (secondary N) is 1. The van der Waals surface area contributed by atoms with E-state index in [0.717, 1.165) is 35.3 Å². The van der Waals surface area contributed by atoms with Crippen LogP contribution in [0, 0.1) is 0 Å². The van der Waals surface area contributed by atoms with Gasteiger partial charge in [-0.3, -0.25) is 9.59 Å². The molecule has 1 fully saturated rings. The van der Waals surface area contributed by atoms with Crippen LogP contribution in [0.15, 0.2) is 49.3 Å². The van der Waals surface area contributed by atoms with Crippen molar-refractivity contribution < 1.29 is 14.7 Å². The van der Waals surface area contributed by atoms with Gasteiger partial charge in [-0.2, -0.15) is 0 Å². The van der Waals surface area contributed by atoms with Crippen molar-refractivity contribution in [1.82, 2.24) is 39.1 Å². The molecule has 6 rings (SSSR count). The van der Waals surface area contributed by atoms with Crippen LogP contribution in [0.5, 0.6) is 0 Å². The highest BCUT2D eigenvalue weighted by Gasteiger charge is 2.25. The van der Waals surface area contributed by atoms with Crippen molar-refractivity contribution >= 4 is 34.6 Å². The monoisotopic (exact) mass is 518 g/mol. The van der Waals surface area contributed by atoms with Crippen molar-refractivity contribution in [2.75, 3.05) is 0 Å². The third-order valence-electron chi connectivity index (χ3n) is 6.45. The Balaban J connectivity index is 1.16. The van der Waals surface area contributed by atoms with Gasteiger partial charge in [0.05, 0.1) is 42.5 Å². The minimum atomic E-state index is -0.833. The lowest BCUT2D eigenvalue weighted by molar-refractivity contribution is -0.136. The molecule has 2 N–H and O–H groups in total. The van der Waals surface area contributed by atoms with Crippen LogP contribution >= 0.6 is 11.6 Å². The van der Waals surface area contributed by atoms with E-state index in [0.29, 0.717) is 29.6 Å². The van der Waals surface area contributed by atoms with Gasteiger partial charge in [-0.05, 0) is 48.4 Å². The Morgan fingerprint density at radius 2 is 2.03 bits per heavy atom. The number of amides is 1. The molecule has 12 heteroatoms. The van der Waals surface area contributed by atoms with Gasteiger partial charge in [0.25, 0.3) is 5.91 Å². The zero-order valence-electron chi connectivity index (χ0n) is 19.7. The standard InChI is InChI=1S/C25H23ClN8O3/c26-18-5-6-32-14-28-20(22(32)8-18)9-27-25(37)21-13-34(31-30-21)12-19-11-33-10-17(15-1-2-15)7-16(24(33)29-19)3-4-23(35)36/h5-8,10-11,13-15H,1-4,9,12H2,(H,27,37)(H,35,36). The first-order chi connectivity index (χ1) is 17.9. The van der Waals surface area contributed by atoms with E-state index in [1.54, 1.807) is 29.3 Å². The Hall–Kier alpha value is -4.25. The Morgan fingerprint density at radius 3 is 2.84 bits per heavy atom. The second-order valence-electron chi connectivity index (χ2n) is 9.24. The fourth-order valence-electron chi connectivity index (χ4n) is 4.44. The number of pyridine rings is 2. The summed E-state index contributed by atoms with van der Waals surface area (Å²) in [7, 11) is 0. The number of carboxylic acids is 1. The molecule has 1 aliphatic rings. The Kier molecular flexibility index (Phi) is 5.84. The van der Waals surface area contributed by atoms with Crippen LogP contribution in [-0.4, -0.2) is 50.7 Å². The third kappa shape index (κ3) is 4.90. The summed E-state index contributed by atoms with van der Waals surface area (Å²) in [5, 5.41) is 20.7. The summed E-state index contributed by atoms with van der Waals surface area (Å²) in [6.45, 7) is 0.542. The van der Waals surface area contributed by atoms with Crippen molar-refractivity contribution in [2.24, 2.45) is 0 Å². The number of carbonyl (C=O) groups excluding carboxylic acids is 1. The van der Waals surface area contributed by atoms with Crippen molar-refractivity contribution in [3.8, 4) is 0 Å². The highest BCUT2D eigenvalue weighted by molar-refractivity contribution is 6.30. The van der Waals surface area contributed by atoms with Crippen molar-refractivity contribution in [2.45, 2.75) is 44.7 Å². The number of fused-ring (bicyclic) bond motifs is 2. The smallest absolute Gasteiger partial charge is 0.303 e. The van der Waals surface area contributed by atoms with Crippen LogP contribution in [0.2, 0.25) is 5.02 Å². The number of hydrogen-bond acceptors (Lipinski definition) is 6. The summed E-state index contributed by atoms with van der Waals surface area (Å²) in [6.07, 6.45) is 11.8. The lowest BCUT2D eigenvalue weighted by Crippen LogP contribution is -2.23. The third-order valence-corrected chi connectivity index (χ3v) is 6.68. The van der Waals surface area contributed by atoms with E-state index in [2.05, 4.69) is 32.9 Å². The maximum Gasteiger partial charge on any atom is 0.303 e. The molecule has 0 saturated heterocycles. The number of aromatic nitrogens is 7. The largest absolute Gasteiger partial charge is 0.481 e. The lowest BCUT2D eigenvalue weighted by atomic mass is 10.1. The number of imidazole rings is 2. The summed E-state index contributed by atoms with van der Waals surface area (Å²) in [6, 6.07) is 5.65. The molecule has 11 nitrogen and oxygen atoms in total. The van der Waals surface area contributed by atoms with Crippen molar-refractivity contribution in [1.29, 1.82) is 0 Å². The van der Waals surface area contributed by atoms with Crippen molar-refractivity contribution in [3.63, 3.8) is 0 Å². The fraction of sp³-hybridized carbons (Fsp3) is 0.280. The van der Waals surface area contributed by atoms with E-state index in [1.165, 1.54) is 5.56 Å². The van der Waals surface area contributed by atoms with Gasteiger partial charge in [-0.15, -0.1) is 5.10 Å². The van der Waals surface area contributed by atoms with Crippen LogP contribution in [0.25, 0.3) is 11.2 Å². The molecule has 0 atom stereocenters. The van der Waals surface area contributed by atoms with E-state index in [1.807, 2.05) is 21.2 Å². The SMILES string of the molecule is O=C(O)CCc1cc(C2CC2)cn2cc(Cn3cc(C(=O)NCc4ncn5ccc(Cl)cc45)nn3)nc12. The lowest BCUT2D eigenvalue weighted by Gasteiger charge is -2.06. The van der Waals surface area contributed by atoms with Crippen LogP contribution in [-0.2, 0) is 24.3 Å². The molecular weight excluding hydrogens is 496 g/mol.